The van der Waals surface area contributed by atoms with Crippen molar-refractivity contribution < 1.29 is 17.9 Å². The van der Waals surface area contributed by atoms with E-state index in [0.717, 1.165) is 17.1 Å². The fraction of sp³-hybridized carbons (Fsp3) is 0.409. The van der Waals surface area contributed by atoms with Crippen LogP contribution in [0, 0.1) is 5.92 Å². The summed E-state index contributed by atoms with van der Waals surface area (Å²) in [5.41, 5.74) is 0.419. The van der Waals surface area contributed by atoms with Gasteiger partial charge in [0.2, 0.25) is 5.91 Å². The molecule has 1 aliphatic carbocycles. The number of nitrogens with zero attached hydrogens (tertiary/aromatic N) is 1. The summed E-state index contributed by atoms with van der Waals surface area (Å²) in [7, 11) is -2.33. The van der Waals surface area contributed by atoms with E-state index in [1.807, 2.05) is 0 Å². The maximum atomic E-state index is 13.2. The van der Waals surface area contributed by atoms with Gasteiger partial charge in [-0.05, 0) is 55.2 Å². The van der Waals surface area contributed by atoms with Gasteiger partial charge in [-0.3, -0.25) is 9.10 Å². The number of amides is 1. The lowest BCUT2D eigenvalue weighted by Gasteiger charge is -2.25. The van der Waals surface area contributed by atoms with Crippen LogP contribution in [-0.4, -0.2) is 34.5 Å². The van der Waals surface area contributed by atoms with Gasteiger partial charge < -0.3 is 10.1 Å². The predicted molar refractivity (Wildman–Crippen MR) is 114 cm³/mol. The number of hydrogen-bond acceptors (Lipinski definition) is 4. The molecule has 156 valence electrons. The van der Waals surface area contributed by atoms with Crippen molar-refractivity contribution in [3.8, 4) is 5.75 Å². The van der Waals surface area contributed by atoms with Crippen LogP contribution in [-0.2, 0) is 14.8 Å². The lowest BCUT2D eigenvalue weighted by atomic mass is 9.89. The van der Waals surface area contributed by atoms with Crippen LogP contribution in [0.1, 0.15) is 32.1 Å². The van der Waals surface area contributed by atoms with Crippen LogP contribution < -0.4 is 14.4 Å². The summed E-state index contributed by atoms with van der Waals surface area (Å²) in [4.78, 5) is 12.8. The minimum absolute atomic E-state index is 0.149. The molecule has 2 aromatic rings. The Balaban J connectivity index is 1.79. The molecule has 1 saturated carbocycles. The number of nitrogens with one attached hydrogen (secondary N) is 1. The third kappa shape index (κ3) is 5.50. The van der Waals surface area contributed by atoms with Crippen LogP contribution in [0.2, 0.25) is 0 Å². The molecule has 29 heavy (non-hydrogen) atoms. The molecule has 0 bridgehead atoms. The first-order valence-corrected chi connectivity index (χ1v) is 11.4. The van der Waals surface area contributed by atoms with E-state index in [1.54, 1.807) is 49.6 Å². The smallest absolute Gasteiger partial charge is 0.264 e. The van der Waals surface area contributed by atoms with Crippen molar-refractivity contribution in [2.75, 3.05) is 24.5 Å². The summed E-state index contributed by atoms with van der Waals surface area (Å²) in [5, 5.41) is 2.93. The Morgan fingerprint density at radius 3 is 2.31 bits per heavy atom. The number of rotatable bonds is 8. The molecule has 1 amide bonds. The summed E-state index contributed by atoms with van der Waals surface area (Å²) in [6.07, 6.45) is 5.88. The molecule has 1 aliphatic rings. The van der Waals surface area contributed by atoms with Gasteiger partial charge in [0.15, 0.2) is 0 Å². The van der Waals surface area contributed by atoms with Crippen LogP contribution in [0.25, 0.3) is 0 Å². The Labute approximate surface area is 172 Å². The van der Waals surface area contributed by atoms with Crippen LogP contribution in [0.3, 0.4) is 0 Å². The molecular formula is C22H28N2O4S. The largest absolute Gasteiger partial charge is 0.497 e. The van der Waals surface area contributed by atoms with Crippen molar-refractivity contribution in [1.29, 1.82) is 0 Å². The first-order chi connectivity index (χ1) is 14.0. The van der Waals surface area contributed by atoms with Gasteiger partial charge in [0, 0.05) is 6.54 Å². The van der Waals surface area contributed by atoms with Crippen LogP contribution >= 0.6 is 0 Å². The lowest BCUT2D eigenvalue weighted by molar-refractivity contribution is -0.119. The van der Waals surface area contributed by atoms with Crippen molar-refractivity contribution in [2.24, 2.45) is 5.92 Å². The second-order valence-corrected chi connectivity index (χ2v) is 9.19. The van der Waals surface area contributed by atoms with Crippen LogP contribution in [0.4, 0.5) is 5.69 Å². The number of ether oxygens (including phenoxy) is 1. The summed E-state index contributed by atoms with van der Waals surface area (Å²) in [6, 6.07) is 14.8. The molecule has 0 unspecified atom stereocenters. The highest BCUT2D eigenvalue weighted by Gasteiger charge is 2.27. The highest BCUT2D eigenvalue weighted by atomic mass is 32.2. The van der Waals surface area contributed by atoms with E-state index in [4.69, 9.17) is 4.74 Å². The Bertz CT molecular complexity index is 892. The fourth-order valence-electron chi connectivity index (χ4n) is 3.62. The summed E-state index contributed by atoms with van der Waals surface area (Å²) >= 11 is 0. The van der Waals surface area contributed by atoms with Crippen molar-refractivity contribution in [2.45, 2.75) is 37.0 Å². The van der Waals surface area contributed by atoms with E-state index in [-0.39, 0.29) is 17.3 Å². The molecule has 2 aromatic carbocycles. The second kappa shape index (κ2) is 9.78. The molecule has 1 N–H and O–H groups in total. The highest BCUT2D eigenvalue weighted by molar-refractivity contribution is 7.92. The molecule has 0 heterocycles. The quantitative estimate of drug-likeness (QED) is 0.714. The molecular weight excluding hydrogens is 388 g/mol. The zero-order valence-electron chi connectivity index (χ0n) is 16.7. The van der Waals surface area contributed by atoms with Gasteiger partial charge in [-0.25, -0.2) is 8.42 Å². The molecule has 0 atom stereocenters. The number of methoxy groups -OCH3 is 1. The molecule has 6 nitrogen and oxygen atoms in total. The van der Waals surface area contributed by atoms with Crippen molar-refractivity contribution in [3.63, 3.8) is 0 Å². The molecule has 0 saturated heterocycles. The topological polar surface area (TPSA) is 75.7 Å². The number of carbonyl (C=O) groups is 1. The maximum absolute atomic E-state index is 13.2. The van der Waals surface area contributed by atoms with Gasteiger partial charge in [0.1, 0.15) is 12.3 Å². The highest BCUT2D eigenvalue weighted by Crippen LogP contribution is 2.26. The normalized spacial score (nSPS) is 14.9. The summed E-state index contributed by atoms with van der Waals surface area (Å²) in [6.45, 7) is 0.330. The maximum Gasteiger partial charge on any atom is 0.264 e. The van der Waals surface area contributed by atoms with Gasteiger partial charge in [-0.2, -0.15) is 0 Å². The first kappa shape index (κ1) is 21.2. The average Bonchev–Trinajstić information content (AvgIpc) is 2.77. The molecule has 0 radical (unpaired) electrons. The first-order valence-electron chi connectivity index (χ1n) is 9.99. The minimum atomic E-state index is -3.88. The Hall–Kier alpha value is -2.54. The van der Waals surface area contributed by atoms with E-state index >= 15 is 0 Å². The molecule has 7 heteroatoms. The predicted octanol–water partition coefficient (Wildman–Crippen LogP) is 3.59. The van der Waals surface area contributed by atoms with Gasteiger partial charge in [-0.15, -0.1) is 0 Å². The van der Waals surface area contributed by atoms with Crippen molar-refractivity contribution in [1.82, 2.24) is 5.32 Å². The minimum Gasteiger partial charge on any atom is -0.497 e. The van der Waals surface area contributed by atoms with Crippen LogP contribution in [0.15, 0.2) is 59.5 Å². The number of sulfonamides is 1. The zero-order chi connectivity index (χ0) is 20.7. The third-order valence-electron chi connectivity index (χ3n) is 5.29. The van der Waals surface area contributed by atoms with Crippen LogP contribution in [0.5, 0.6) is 5.75 Å². The molecule has 0 aliphatic heterocycles. The van der Waals surface area contributed by atoms with E-state index in [9.17, 15) is 13.2 Å². The number of hydrogen-bond donors (Lipinski definition) is 1. The molecule has 0 spiro atoms. The third-order valence-corrected chi connectivity index (χ3v) is 7.08. The zero-order valence-corrected chi connectivity index (χ0v) is 17.5. The summed E-state index contributed by atoms with van der Waals surface area (Å²) < 4.78 is 32.8. The molecule has 0 aromatic heterocycles. The van der Waals surface area contributed by atoms with Gasteiger partial charge in [0.05, 0.1) is 17.7 Å². The lowest BCUT2D eigenvalue weighted by Crippen LogP contribution is -2.42. The van der Waals surface area contributed by atoms with E-state index in [1.165, 1.54) is 31.4 Å². The van der Waals surface area contributed by atoms with Gasteiger partial charge in [-0.1, -0.05) is 37.5 Å². The number of carbonyl (C=O) groups excluding carboxylic acids is 1. The van der Waals surface area contributed by atoms with Gasteiger partial charge in [0.25, 0.3) is 10.0 Å². The summed E-state index contributed by atoms with van der Waals surface area (Å²) in [5.74, 6) is 0.798. The number of anilines is 1. The van der Waals surface area contributed by atoms with Crippen molar-refractivity contribution in [3.05, 3.63) is 54.6 Å². The van der Waals surface area contributed by atoms with Gasteiger partial charge >= 0.3 is 0 Å². The van der Waals surface area contributed by atoms with Crippen molar-refractivity contribution >= 4 is 21.6 Å². The average molecular weight is 417 g/mol. The Morgan fingerprint density at radius 2 is 1.69 bits per heavy atom. The Kier molecular flexibility index (Phi) is 7.14. The standard InChI is InChI=1S/C22H28N2O4S/c1-28-20-14-12-19(13-15-20)24(29(26,27)21-10-6-3-7-11-21)17-22(25)23-16-18-8-4-2-5-9-18/h3,6-7,10-15,18H,2,4-5,8-9,16-17H2,1H3,(H,23,25). The van der Waals surface area contributed by atoms with E-state index < -0.39 is 10.0 Å². The monoisotopic (exact) mass is 416 g/mol. The fourth-order valence-corrected chi connectivity index (χ4v) is 5.06. The molecule has 3 rings (SSSR count). The molecule has 1 fully saturated rings. The SMILES string of the molecule is COc1ccc(N(CC(=O)NCC2CCCCC2)S(=O)(=O)c2ccccc2)cc1. The number of benzene rings is 2. The van der Waals surface area contributed by atoms with E-state index in [0.29, 0.717) is 23.9 Å². The van der Waals surface area contributed by atoms with E-state index in [2.05, 4.69) is 5.32 Å². The second-order valence-electron chi connectivity index (χ2n) is 7.33. The Morgan fingerprint density at radius 1 is 1.03 bits per heavy atom.